The average molecular weight is 391 g/mol. The van der Waals surface area contributed by atoms with Gasteiger partial charge in [-0.1, -0.05) is 59.3 Å². The molecule has 0 aliphatic carbocycles. The predicted octanol–water partition coefficient (Wildman–Crippen LogP) is 3.26. The number of carbonyl (C=O) groups is 1. The maximum absolute atomic E-state index is 11.7. The lowest BCUT2D eigenvalue weighted by Crippen LogP contribution is -2.50. The first kappa shape index (κ1) is 26.5. The molecule has 0 aliphatic rings. The number of unbranched alkanes of at least 4 members (excludes halogenated alkanes) is 6. The molecule has 0 heterocycles. The second-order valence-electron chi connectivity index (χ2n) is 7.01. The van der Waals surface area contributed by atoms with Crippen LogP contribution in [0.15, 0.2) is 0 Å². The van der Waals surface area contributed by atoms with Gasteiger partial charge in [-0.3, -0.25) is 0 Å². The largest absolute Gasteiger partial charge is 0.394 e. The molecular weight excluding hydrogens is 348 g/mol. The van der Waals surface area contributed by atoms with Crippen LogP contribution in [0.25, 0.3) is 0 Å². The normalized spacial score (nSPS) is 16.0. The third-order valence-electron chi connectivity index (χ3n) is 4.52. The predicted molar refractivity (Wildman–Crippen MR) is 107 cm³/mol. The van der Waals surface area contributed by atoms with E-state index in [0.29, 0.717) is 19.8 Å². The number of aliphatic hydroxyl groups excluding tert-OH is 2. The summed E-state index contributed by atoms with van der Waals surface area (Å²) in [6, 6.07) is 0. The lowest BCUT2D eigenvalue weighted by atomic mass is 10.0. The van der Waals surface area contributed by atoms with Gasteiger partial charge in [-0.25, -0.2) is 0 Å². The van der Waals surface area contributed by atoms with Gasteiger partial charge in [0.15, 0.2) is 6.29 Å². The molecule has 0 radical (unpaired) electrons. The molecule has 0 aromatic rings. The zero-order valence-corrected chi connectivity index (χ0v) is 17.6. The van der Waals surface area contributed by atoms with Gasteiger partial charge >= 0.3 is 0 Å². The second kappa shape index (κ2) is 18.8. The van der Waals surface area contributed by atoms with E-state index >= 15 is 0 Å². The van der Waals surface area contributed by atoms with Crippen LogP contribution < -0.4 is 0 Å². The lowest BCUT2D eigenvalue weighted by molar-refractivity contribution is -0.175. The van der Waals surface area contributed by atoms with E-state index in [1.54, 1.807) is 0 Å². The lowest BCUT2D eigenvalue weighted by Gasteiger charge is -2.33. The van der Waals surface area contributed by atoms with Gasteiger partial charge < -0.3 is 29.2 Å². The summed E-state index contributed by atoms with van der Waals surface area (Å²) in [4.78, 5) is 11.7. The molecule has 4 unspecified atom stereocenters. The minimum Gasteiger partial charge on any atom is -0.394 e. The van der Waals surface area contributed by atoms with E-state index in [1.807, 2.05) is 0 Å². The molecule has 0 aromatic carbocycles. The summed E-state index contributed by atoms with van der Waals surface area (Å²) in [5.74, 6) is 0. The maximum Gasteiger partial charge on any atom is 0.151 e. The Labute approximate surface area is 165 Å². The number of ether oxygens (including phenoxy) is 3. The molecule has 0 bridgehead atoms. The van der Waals surface area contributed by atoms with Crippen LogP contribution in [0.5, 0.6) is 0 Å². The van der Waals surface area contributed by atoms with E-state index in [2.05, 4.69) is 20.8 Å². The van der Waals surface area contributed by atoms with Gasteiger partial charge in [0.1, 0.15) is 24.4 Å². The van der Waals surface area contributed by atoms with E-state index in [0.717, 1.165) is 64.1 Å². The SMILES string of the molecule is CCCCCOC(C=O)C(OCCCCC)C(OCCCCC)C(O)CO. The number of carbonyl (C=O) groups excluding carboxylic acids is 1. The van der Waals surface area contributed by atoms with E-state index in [1.165, 1.54) is 0 Å². The van der Waals surface area contributed by atoms with Gasteiger partial charge in [0.05, 0.1) is 6.61 Å². The summed E-state index contributed by atoms with van der Waals surface area (Å²) < 4.78 is 17.5. The van der Waals surface area contributed by atoms with Crippen molar-refractivity contribution in [1.82, 2.24) is 0 Å². The van der Waals surface area contributed by atoms with Crippen molar-refractivity contribution >= 4 is 6.29 Å². The zero-order valence-electron chi connectivity index (χ0n) is 17.6. The molecule has 2 N–H and O–H groups in total. The average Bonchev–Trinajstić information content (AvgIpc) is 2.69. The molecule has 0 spiro atoms. The van der Waals surface area contributed by atoms with Gasteiger partial charge in [0, 0.05) is 19.8 Å². The molecule has 0 aliphatic heterocycles. The van der Waals surface area contributed by atoms with Crippen molar-refractivity contribution in [1.29, 1.82) is 0 Å². The third-order valence-corrected chi connectivity index (χ3v) is 4.52. The Kier molecular flexibility index (Phi) is 18.4. The van der Waals surface area contributed by atoms with Crippen molar-refractivity contribution in [2.45, 2.75) is 103 Å². The van der Waals surface area contributed by atoms with Gasteiger partial charge in [-0.15, -0.1) is 0 Å². The van der Waals surface area contributed by atoms with Crippen molar-refractivity contribution < 1.29 is 29.2 Å². The van der Waals surface area contributed by atoms with Crippen molar-refractivity contribution in [3.8, 4) is 0 Å². The number of hydrogen-bond acceptors (Lipinski definition) is 6. The first-order valence-electron chi connectivity index (χ1n) is 10.7. The standard InChI is InChI=1S/C21H42O6/c1-4-7-10-13-25-19(17-23)21(27-15-12-9-6-3)20(18(24)16-22)26-14-11-8-5-2/h17-22,24H,4-16H2,1-3H3. The van der Waals surface area contributed by atoms with Crippen LogP contribution in [0.4, 0.5) is 0 Å². The molecule has 0 aromatic heterocycles. The summed E-state index contributed by atoms with van der Waals surface area (Å²) >= 11 is 0. The summed E-state index contributed by atoms with van der Waals surface area (Å²) in [6.45, 7) is 7.25. The number of rotatable bonds is 20. The summed E-state index contributed by atoms with van der Waals surface area (Å²) in [5, 5.41) is 19.7. The number of aldehydes is 1. The highest BCUT2D eigenvalue weighted by Crippen LogP contribution is 2.17. The molecule has 0 amide bonds. The highest BCUT2D eigenvalue weighted by Gasteiger charge is 2.36. The molecule has 0 saturated heterocycles. The van der Waals surface area contributed by atoms with Crippen LogP contribution in [-0.4, -0.2) is 67.3 Å². The van der Waals surface area contributed by atoms with Gasteiger partial charge in [-0.2, -0.15) is 0 Å². The van der Waals surface area contributed by atoms with Crippen LogP contribution in [0.1, 0.15) is 78.6 Å². The summed E-state index contributed by atoms with van der Waals surface area (Å²) in [6.07, 6.45) is 6.13. The molecule has 27 heavy (non-hydrogen) atoms. The maximum atomic E-state index is 11.7. The Hall–Kier alpha value is -0.530. The van der Waals surface area contributed by atoms with Gasteiger partial charge in [-0.05, 0) is 19.3 Å². The fraction of sp³-hybridized carbons (Fsp3) is 0.952. The zero-order chi connectivity index (χ0) is 20.3. The third kappa shape index (κ3) is 12.5. The fourth-order valence-electron chi connectivity index (χ4n) is 2.83. The van der Waals surface area contributed by atoms with Gasteiger partial charge in [0.25, 0.3) is 0 Å². The Morgan fingerprint density at radius 1 is 0.741 bits per heavy atom. The molecule has 0 fully saturated rings. The highest BCUT2D eigenvalue weighted by atomic mass is 16.6. The molecule has 0 saturated carbocycles. The molecule has 6 heteroatoms. The molecule has 6 nitrogen and oxygen atoms in total. The van der Waals surface area contributed by atoms with Crippen molar-refractivity contribution in [3.63, 3.8) is 0 Å². The van der Waals surface area contributed by atoms with E-state index in [4.69, 9.17) is 14.2 Å². The first-order chi connectivity index (χ1) is 13.2. The Morgan fingerprint density at radius 3 is 1.59 bits per heavy atom. The van der Waals surface area contributed by atoms with Crippen molar-refractivity contribution in [2.24, 2.45) is 0 Å². The van der Waals surface area contributed by atoms with Crippen LogP contribution in [0.3, 0.4) is 0 Å². The van der Waals surface area contributed by atoms with E-state index in [9.17, 15) is 15.0 Å². The molecular formula is C21H42O6. The topological polar surface area (TPSA) is 85.2 Å². The Morgan fingerprint density at radius 2 is 1.19 bits per heavy atom. The summed E-state index contributed by atoms with van der Waals surface area (Å²) in [5.41, 5.74) is 0. The minimum absolute atomic E-state index is 0.450. The van der Waals surface area contributed by atoms with Crippen LogP contribution in [0, 0.1) is 0 Å². The monoisotopic (exact) mass is 390 g/mol. The molecule has 4 atom stereocenters. The van der Waals surface area contributed by atoms with Crippen LogP contribution >= 0.6 is 0 Å². The Balaban J connectivity index is 5.02. The first-order valence-corrected chi connectivity index (χ1v) is 10.7. The quantitative estimate of drug-likeness (QED) is 0.245. The smallest absolute Gasteiger partial charge is 0.151 e. The number of aliphatic hydroxyl groups is 2. The Bertz CT molecular complexity index is 326. The number of hydrogen-bond donors (Lipinski definition) is 2. The van der Waals surface area contributed by atoms with Crippen LogP contribution in [-0.2, 0) is 19.0 Å². The fourth-order valence-corrected chi connectivity index (χ4v) is 2.83. The van der Waals surface area contributed by atoms with E-state index in [-0.39, 0.29) is 0 Å². The van der Waals surface area contributed by atoms with Crippen molar-refractivity contribution in [2.75, 3.05) is 26.4 Å². The second-order valence-corrected chi connectivity index (χ2v) is 7.01. The van der Waals surface area contributed by atoms with Crippen molar-refractivity contribution in [3.05, 3.63) is 0 Å². The van der Waals surface area contributed by atoms with Gasteiger partial charge in [0.2, 0.25) is 0 Å². The highest BCUT2D eigenvalue weighted by molar-refractivity contribution is 5.57. The molecule has 0 rings (SSSR count). The van der Waals surface area contributed by atoms with Crippen LogP contribution in [0.2, 0.25) is 0 Å². The minimum atomic E-state index is -1.12. The summed E-state index contributed by atoms with van der Waals surface area (Å²) in [7, 11) is 0. The van der Waals surface area contributed by atoms with E-state index < -0.39 is 31.0 Å². The molecule has 162 valence electrons.